The Morgan fingerprint density at radius 1 is 1.12 bits per heavy atom. The lowest BCUT2D eigenvalue weighted by Gasteiger charge is -2.30. The summed E-state index contributed by atoms with van der Waals surface area (Å²) in [6.45, 7) is 3.39. The van der Waals surface area contributed by atoms with Crippen LogP contribution in [0.1, 0.15) is 60.5 Å². The van der Waals surface area contributed by atoms with Crippen molar-refractivity contribution in [2.24, 2.45) is 0 Å². The molecule has 2 N–H and O–H groups in total. The quantitative estimate of drug-likeness (QED) is 0.559. The van der Waals surface area contributed by atoms with E-state index in [0.717, 1.165) is 0 Å². The highest BCUT2D eigenvalue weighted by atomic mass is 19.3. The molecule has 0 spiro atoms. The van der Waals surface area contributed by atoms with Crippen molar-refractivity contribution < 1.29 is 18.0 Å². The van der Waals surface area contributed by atoms with Gasteiger partial charge in [0.15, 0.2) is 0 Å². The van der Waals surface area contributed by atoms with Crippen LogP contribution in [0.2, 0.25) is 0 Å². The van der Waals surface area contributed by atoms with E-state index in [4.69, 9.17) is 0 Å². The van der Waals surface area contributed by atoms with E-state index in [9.17, 15) is 18.0 Å². The molecule has 1 amide bonds. The highest BCUT2D eigenvalue weighted by Gasteiger charge is 2.37. The van der Waals surface area contributed by atoms with Crippen molar-refractivity contribution >= 4 is 11.6 Å². The van der Waals surface area contributed by atoms with Crippen LogP contribution in [0.5, 0.6) is 0 Å². The Morgan fingerprint density at radius 2 is 1.85 bits per heavy atom. The summed E-state index contributed by atoms with van der Waals surface area (Å²) in [7, 11) is 0. The maximum Gasteiger partial charge on any atom is 0.260 e. The second kappa shape index (κ2) is 9.27. The lowest BCUT2D eigenvalue weighted by atomic mass is 9.94. The first-order chi connectivity index (χ1) is 15.7. The second-order valence-electron chi connectivity index (χ2n) is 8.37. The maximum absolute atomic E-state index is 14.6. The fourth-order valence-corrected chi connectivity index (χ4v) is 3.77. The summed E-state index contributed by atoms with van der Waals surface area (Å²) in [5.74, 6) is -3.07. The third-order valence-electron chi connectivity index (χ3n) is 5.57. The van der Waals surface area contributed by atoms with Crippen LogP contribution in [-0.2, 0) is 0 Å². The predicted octanol–water partition coefficient (Wildman–Crippen LogP) is 5.11. The van der Waals surface area contributed by atoms with E-state index in [1.54, 1.807) is 24.3 Å². The maximum atomic E-state index is 14.6. The molecule has 0 bridgehead atoms. The SMILES string of the molecule is CC(C)c1ncc(C(=O)Nc2c(-c3ccccc3F)ccnc2C2CCC(F)(F)CN2)cn1. The fourth-order valence-electron chi connectivity index (χ4n) is 3.77. The van der Waals surface area contributed by atoms with Gasteiger partial charge in [0, 0.05) is 42.1 Å². The minimum atomic E-state index is -2.81. The molecule has 0 radical (unpaired) electrons. The van der Waals surface area contributed by atoms with Crippen LogP contribution in [0, 0.1) is 5.82 Å². The molecule has 2 aromatic heterocycles. The number of rotatable bonds is 5. The predicted molar refractivity (Wildman–Crippen MR) is 119 cm³/mol. The van der Waals surface area contributed by atoms with Gasteiger partial charge >= 0.3 is 0 Å². The van der Waals surface area contributed by atoms with E-state index < -0.39 is 30.2 Å². The summed E-state index contributed by atoms with van der Waals surface area (Å²) in [5.41, 5.74) is 1.54. The average Bonchev–Trinajstić information content (AvgIpc) is 2.80. The zero-order chi connectivity index (χ0) is 23.6. The summed E-state index contributed by atoms with van der Waals surface area (Å²) in [4.78, 5) is 25.9. The lowest BCUT2D eigenvalue weighted by Crippen LogP contribution is -2.41. The number of amides is 1. The summed E-state index contributed by atoms with van der Waals surface area (Å²) >= 11 is 0. The molecule has 0 saturated carbocycles. The number of piperidine rings is 1. The van der Waals surface area contributed by atoms with E-state index in [2.05, 4.69) is 25.6 Å². The van der Waals surface area contributed by atoms with Gasteiger partial charge in [0.25, 0.3) is 11.8 Å². The van der Waals surface area contributed by atoms with Gasteiger partial charge in [-0.15, -0.1) is 0 Å². The molecule has 4 rings (SSSR count). The summed E-state index contributed by atoms with van der Waals surface area (Å²) in [6.07, 6.45) is 4.15. The number of anilines is 1. The Morgan fingerprint density at radius 3 is 2.48 bits per heavy atom. The van der Waals surface area contributed by atoms with Gasteiger partial charge in [-0.25, -0.2) is 23.1 Å². The van der Waals surface area contributed by atoms with Crippen molar-refractivity contribution in [1.29, 1.82) is 0 Å². The fraction of sp³-hybridized carbons (Fsp3) is 0.333. The number of benzene rings is 1. The molecule has 9 heteroatoms. The van der Waals surface area contributed by atoms with Gasteiger partial charge in [0.05, 0.1) is 29.5 Å². The standard InChI is InChI=1S/C24H24F3N5O/c1-14(2)22-29-11-15(12-30-22)23(33)32-20-17(16-5-3-4-6-18(16)25)8-10-28-21(20)19-7-9-24(26,27)13-31-19/h3-6,8,10-12,14,19,31H,7,9,13H2,1-2H3,(H,32,33). The summed E-state index contributed by atoms with van der Waals surface area (Å²) < 4.78 is 42.0. The second-order valence-corrected chi connectivity index (χ2v) is 8.37. The van der Waals surface area contributed by atoms with Crippen LogP contribution in [0.4, 0.5) is 18.9 Å². The van der Waals surface area contributed by atoms with E-state index in [1.165, 1.54) is 24.7 Å². The number of carbonyl (C=O) groups is 1. The molecule has 33 heavy (non-hydrogen) atoms. The van der Waals surface area contributed by atoms with Crippen molar-refractivity contribution in [1.82, 2.24) is 20.3 Å². The Bertz CT molecular complexity index is 1140. The van der Waals surface area contributed by atoms with Gasteiger partial charge in [-0.1, -0.05) is 32.0 Å². The number of nitrogens with one attached hydrogen (secondary N) is 2. The summed E-state index contributed by atoms with van der Waals surface area (Å²) in [5, 5.41) is 5.62. The molecule has 6 nitrogen and oxygen atoms in total. The molecule has 1 aliphatic heterocycles. The van der Waals surface area contributed by atoms with E-state index in [1.807, 2.05) is 13.8 Å². The van der Waals surface area contributed by atoms with Gasteiger partial charge in [0.2, 0.25) is 0 Å². The molecule has 1 saturated heterocycles. The number of hydrogen-bond donors (Lipinski definition) is 2. The van der Waals surface area contributed by atoms with E-state index >= 15 is 0 Å². The zero-order valence-electron chi connectivity index (χ0n) is 18.3. The smallest absolute Gasteiger partial charge is 0.260 e. The van der Waals surface area contributed by atoms with Gasteiger partial charge in [-0.2, -0.15) is 0 Å². The number of carbonyl (C=O) groups excluding carboxylic acids is 1. The number of nitrogens with zero attached hydrogens (tertiary/aromatic N) is 3. The summed E-state index contributed by atoms with van der Waals surface area (Å²) in [6, 6.07) is 7.23. The average molecular weight is 455 g/mol. The molecule has 3 aromatic rings. The molecule has 1 atom stereocenters. The Labute approximate surface area is 189 Å². The van der Waals surface area contributed by atoms with Gasteiger partial charge in [-0.3, -0.25) is 9.78 Å². The van der Waals surface area contributed by atoms with E-state index in [-0.39, 0.29) is 35.6 Å². The Hall–Kier alpha value is -3.33. The number of pyridine rings is 1. The van der Waals surface area contributed by atoms with Crippen LogP contribution in [0.15, 0.2) is 48.9 Å². The highest BCUT2D eigenvalue weighted by Crippen LogP contribution is 2.38. The number of alkyl halides is 2. The molecule has 1 aliphatic rings. The van der Waals surface area contributed by atoms with Gasteiger partial charge in [-0.05, 0) is 18.6 Å². The van der Waals surface area contributed by atoms with Crippen LogP contribution in [0.3, 0.4) is 0 Å². The molecule has 0 aliphatic carbocycles. The minimum Gasteiger partial charge on any atom is -0.320 e. The first kappa shape index (κ1) is 22.8. The van der Waals surface area contributed by atoms with Crippen LogP contribution < -0.4 is 10.6 Å². The largest absolute Gasteiger partial charge is 0.320 e. The van der Waals surface area contributed by atoms with Crippen molar-refractivity contribution in [3.05, 3.63) is 71.8 Å². The van der Waals surface area contributed by atoms with Crippen LogP contribution in [-0.4, -0.2) is 33.3 Å². The van der Waals surface area contributed by atoms with Crippen LogP contribution >= 0.6 is 0 Å². The van der Waals surface area contributed by atoms with Crippen molar-refractivity contribution in [3.8, 4) is 11.1 Å². The molecular weight excluding hydrogens is 431 g/mol. The zero-order valence-corrected chi connectivity index (χ0v) is 18.3. The third-order valence-corrected chi connectivity index (χ3v) is 5.57. The number of aromatic nitrogens is 3. The van der Waals surface area contributed by atoms with Crippen molar-refractivity contribution in [2.75, 3.05) is 11.9 Å². The molecule has 1 unspecified atom stereocenters. The molecule has 172 valence electrons. The third kappa shape index (κ3) is 5.03. The van der Waals surface area contributed by atoms with Crippen molar-refractivity contribution in [2.45, 2.75) is 44.6 Å². The van der Waals surface area contributed by atoms with Crippen molar-refractivity contribution in [3.63, 3.8) is 0 Å². The van der Waals surface area contributed by atoms with Crippen LogP contribution in [0.25, 0.3) is 11.1 Å². The Balaban J connectivity index is 1.73. The highest BCUT2D eigenvalue weighted by molar-refractivity contribution is 6.06. The van der Waals surface area contributed by atoms with Gasteiger partial charge < -0.3 is 10.6 Å². The Kier molecular flexibility index (Phi) is 6.42. The molecule has 1 fully saturated rings. The molecule has 1 aromatic carbocycles. The first-order valence-corrected chi connectivity index (χ1v) is 10.7. The number of hydrogen-bond acceptors (Lipinski definition) is 5. The topological polar surface area (TPSA) is 79.8 Å². The first-order valence-electron chi connectivity index (χ1n) is 10.7. The molecular formula is C24H24F3N5O. The molecule has 3 heterocycles. The lowest BCUT2D eigenvalue weighted by molar-refractivity contribution is -0.0305. The monoisotopic (exact) mass is 455 g/mol. The normalized spacial score (nSPS) is 17.7. The van der Waals surface area contributed by atoms with E-state index in [0.29, 0.717) is 17.1 Å². The number of halogens is 3. The minimum absolute atomic E-state index is 0.107. The van der Waals surface area contributed by atoms with Gasteiger partial charge in [0.1, 0.15) is 11.6 Å².